The van der Waals surface area contributed by atoms with E-state index in [-0.39, 0.29) is 29.6 Å². The Balaban J connectivity index is 1.59. The minimum Gasteiger partial charge on any atom is -0.469 e. The second-order valence-electron chi connectivity index (χ2n) is 7.60. The van der Waals surface area contributed by atoms with Crippen LogP contribution in [0.4, 0.5) is 5.69 Å². The average Bonchev–Trinajstić information content (AvgIpc) is 3.58. The van der Waals surface area contributed by atoms with Crippen molar-refractivity contribution in [3.05, 3.63) is 42.0 Å². The number of hydrogen-bond donors (Lipinski definition) is 1. The summed E-state index contributed by atoms with van der Waals surface area (Å²) in [7, 11) is 1.39. The first-order chi connectivity index (χ1) is 13.6. The van der Waals surface area contributed by atoms with Crippen LogP contribution in [0.2, 0.25) is 0 Å². The Labute approximate surface area is 163 Å². The summed E-state index contributed by atoms with van der Waals surface area (Å²) in [6, 6.07) is 11.5. The summed E-state index contributed by atoms with van der Waals surface area (Å²) in [5, 5.41) is 4.90. The number of hydrogen-bond acceptors (Lipinski definition) is 4. The van der Waals surface area contributed by atoms with Gasteiger partial charge in [0.15, 0.2) is 0 Å². The highest BCUT2D eigenvalue weighted by molar-refractivity contribution is 6.08. The molecule has 0 aromatic heterocycles. The molecule has 2 aromatic rings. The van der Waals surface area contributed by atoms with Crippen LogP contribution in [0.15, 0.2) is 36.4 Å². The number of piperidine rings is 1. The van der Waals surface area contributed by atoms with E-state index in [0.29, 0.717) is 37.2 Å². The molecule has 1 aliphatic heterocycles. The van der Waals surface area contributed by atoms with Crippen LogP contribution in [0.3, 0.4) is 0 Å². The van der Waals surface area contributed by atoms with Gasteiger partial charge in [-0.1, -0.05) is 24.3 Å². The number of carbonyl (C=O) groups is 3. The molecule has 0 spiro atoms. The number of likely N-dealkylation sites (tertiary alicyclic amines) is 1. The zero-order valence-electron chi connectivity index (χ0n) is 15.9. The molecule has 1 N–H and O–H groups in total. The molecule has 6 heteroatoms. The summed E-state index contributed by atoms with van der Waals surface area (Å²) in [6.45, 7) is 1.00. The topological polar surface area (TPSA) is 75.7 Å². The molecular weight excluding hydrogens is 356 g/mol. The summed E-state index contributed by atoms with van der Waals surface area (Å²) in [5.41, 5.74) is 1.07. The molecule has 2 aromatic carbocycles. The van der Waals surface area contributed by atoms with Gasteiger partial charge in [-0.2, -0.15) is 0 Å². The summed E-state index contributed by atoms with van der Waals surface area (Å²) in [4.78, 5) is 39.1. The lowest BCUT2D eigenvalue weighted by atomic mass is 9.96. The molecule has 0 bridgehead atoms. The first-order valence-electron chi connectivity index (χ1n) is 9.77. The first kappa shape index (κ1) is 18.5. The number of rotatable bonds is 4. The Morgan fingerprint density at radius 3 is 2.21 bits per heavy atom. The van der Waals surface area contributed by atoms with Gasteiger partial charge < -0.3 is 15.0 Å². The van der Waals surface area contributed by atoms with Gasteiger partial charge in [0.2, 0.25) is 5.91 Å². The summed E-state index contributed by atoms with van der Waals surface area (Å²) >= 11 is 0. The molecule has 146 valence electrons. The van der Waals surface area contributed by atoms with E-state index in [1.54, 1.807) is 4.90 Å². The number of amides is 2. The fourth-order valence-corrected chi connectivity index (χ4v) is 3.76. The molecule has 1 saturated carbocycles. The van der Waals surface area contributed by atoms with E-state index in [1.807, 2.05) is 36.4 Å². The van der Waals surface area contributed by atoms with E-state index >= 15 is 0 Å². The lowest BCUT2D eigenvalue weighted by molar-refractivity contribution is -0.146. The van der Waals surface area contributed by atoms with Gasteiger partial charge >= 0.3 is 5.97 Å². The highest BCUT2D eigenvalue weighted by Gasteiger charge is 2.32. The van der Waals surface area contributed by atoms with Gasteiger partial charge in [0.25, 0.3) is 5.91 Å². The Bertz CT molecular complexity index is 927. The SMILES string of the molecule is COC(=O)C1CCN(C(=O)c2cc3ccccc3cc2NC(=O)C2CC2)CC1. The molecule has 4 rings (SSSR count). The van der Waals surface area contributed by atoms with Crippen molar-refractivity contribution in [1.29, 1.82) is 0 Å². The van der Waals surface area contributed by atoms with E-state index in [0.717, 1.165) is 23.6 Å². The van der Waals surface area contributed by atoms with E-state index in [9.17, 15) is 14.4 Å². The first-order valence-corrected chi connectivity index (χ1v) is 9.77. The fourth-order valence-electron chi connectivity index (χ4n) is 3.76. The maximum absolute atomic E-state index is 13.2. The quantitative estimate of drug-likeness (QED) is 0.827. The van der Waals surface area contributed by atoms with Gasteiger partial charge in [0.1, 0.15) is 0 Å². The van der Waals surface area contributed by atoms with Crippen LogP contribution >= 0.6 is 0 Å². The van der Waals surface area contributed by atoms with Crippen molar-refractivity contribution >= 4 is 34.2 Å². The molecule has 2 fully saturated rings. The van der Waals surface area contributed by atoms with Gasteiger partial charge in [0, 0.05) is 19.0 Å². The Morgan fingerprint density at radius 2 is 1.61 bits per heavy atom. The van der Waals surface area contributed by atoms with Crippen LogP contribution < -0.4 is 5.32 Å². The molecule has 28 heavy (non-hydrogen) atoms. The number of methoxy groups -OCH3 is 1. The molecule has 1 aliphatic carbocycles. The number of fused-ring (bicyclic) bond motifs is 1. The highest BCUT2D eigenvalue weighted by atomic mass is 16.5. The third-order valence-electron chi connectivity index (χ3n) is 5.64. The van der Waals surface area contributed by atoms with E-state index in [2.05, 4.69) is 5.32 Å². The van der Waals surface area contributed by atoms with Crippen LogP contribution in [-0.2, 0) is 14.3 Å². The molecule has 6 nitrogen and oxygen atoms in total. The maximum atomic E-state index is 13.2. The summed E-state index contributed by atoms with van der Waals surface area (Å²) < 4.78 is 4.82. The number of nitrogens with zero attached hydrogens (tertiary/aromatic N) is 1. The number of esters is 1. The third kappa shape index (κ3) is 3.72. The highest BCUT2D eigenvalue weighted by Crippen LogP contribution is 2.32. The van der Waals surface area contributed by atoms with Crippen molar-refractivity contribution in [2.75, 3.05) is 25.5 Å². The lowest BCUT2D eigenvalue weighted by Gasteiger charge is -2.31. The Morgan fingerprint density at radius 1 is 0.964 bits per heavy atom. The monoisotopic (exact) mass is 380 g/mol. The second kappa shape index (κ2) is 7.62. The number of anilines is 1. The van der Waals surface area contributed by atoms with Crippen LogP contribution in [0, 0.1) is 11.8 Å². The van der Waals surface area contributed by atoms with Crippen molar-refractivity contribution in [3.8, 4) is 0 Å². The number of ether oxygens (including phenoxy) is 1. The minimum atomic E-state index is -0.213. The number of nitrogens with one attached hydrogen (secondary N) is 1. The molecule has 2 amide bonds. The molecule has 2 aliphatic rings. The fraction of sp³-hybridized carbons (Fsp3) is 0.409. The largest absolute Gasteiger partial charge is 0.469 e. The molecule has 0 unspecified atom stereocenters. The molecule has 0 atom stereocenters. The van der Waals surface area contributed by atoms with Crippen molar-refractivity contribution in [2.45, 2.75) is 25.7 Å². The summed E-state index contributed by atoms with van der Waals surface area (Å²) in [6.07, 6.45) is 3.00. The van der Waals surface area contributed by atoms with E-state index < -0.39 is 0 Å². The lowest BCUT2D eigenvalue weighted by Crippen LogP contribution is -2.40. The van der Waals surface area contributed by atoms with Crippen molar-refractivity contribution in [2.24, 2.45) is 11.8 Å². The van der Waals surface area contributed by atoms with E-state index in [4.69, 9.17) is 4.74 Å². The maximum Gasteiger partial charge on any atom is 0.308 e. The Kier molecular flexibility index (Phi) is 5.03. The zero-order valence-corrected chi connectivity index (χ0v) is 15.9. The van der Waals surface area contributed by atoms with E-state index in [1.165, 1.54) is 7.11 Å². The second-order valence-corrected chi connectivity index (χ2v) is 7.60. The van der Waals surface area contributed by atoms with Gasteiger partial charge in [-0.3, -0.25) is 14.4 Å². The van der Waals surface area contributed by atoms with Crippen molar-refractivity contribution in [1.82, 2.24) is 4.90 Å². The van der Waals surface area contributed by atoms with Gasteiger partial charge in [-0.05, 0) is 48.6 Å². The third-order valence-corrected chi connectivity index (χ3v) is 5.64. The standard InChI is InChI=1S/C22H24N2O4/c1-28-22(27)15-8-10-24(11-9-15)21(26)18-12-16-4-2-3-5-17(16)13-19(18)23-20(25)14-6-7-14/h2-5,12-15H,6-11H2,1H3,(H,23,25). The number of benzene rings is 2. The molecule has 0 radical (unpaired) electrons. The van der Waals surface area contributed by atoms with Crippen molar-refractivity contribution in [3.63, 3.8) is 0 Å². The van der Waals surface area contributed by atoms with Gasteiger partial charge in [0.05, 0.1) is 24.3 Å². The van der Waals surface area contributed by atoms with Gasteiger partial charge in [-0.25, -0.2) is 0 Å². The Hall–Kier alpha value is -2.89. The van der Waals surface area contributed by atoms with Gasteiger partial charge in [-0.15, -0.1) is 0 Å². The summed E-state index contributed by atoms with van der Waals surface area (Å²) in [5.74, 6) is -0.436. The number of carbonyl (C=O) groups excluding carboxylic acids is 3. The minimum absolute atomic E-state index is 0.0197. The van der Waals surface area contributed by atoms with Crippen LogP contribution in [-0.4, -0.2) is 42.9 Å². The van der Waals surface area contributed by atoms with Crippen LogP contribution in [0.25, 0.3) is 10.8 Å². The van der Waals surface area contributed by atoms with Crippen LogP contribution in [0.5, 0.6) is 0 Å². The van der Waals surface area contributed by atoms with Crippen molar-refractivity contribution < 1.29 is 19.1 Å². The predicted octanol–water partition coefficient (Wildman–Crippen LogP) is 3.21. The smallest absolute Gasteiger partial charge is 0.308 e. The predicted molar refractivity (Wildman–Crippen MR) is 106 cm³/mol. The molecule has 1 saturated heterocycles. The molecular formula is C22H24N2O4. The molecule has 1 heterocycles. The normalized spacial score (nSPS) is 17.4. The van der Waals surface area contributed by atoms with Crippen LogP contribution in [0.1, 0.15) is 36.0 Å². The average molecular weight is 380 g/mol. The zero-order chi connectivity index (χ0) is 19.7.